The Morgan fingerprint density at radius 3 is 1.97 bits per heavy atom. The maximum atomic E-state index is 13.3. The minimum atomic E-state index is -0.796. The number of imide groups is 1. The highest BCUT2D eigenvalue weighted by Gasteiger charge is 2.42. The number of halogens is 2. The van der Waals surface area contributed by atoms with Crippen LogP contribution in [0.25, 0.3) is 0 Å². The summed E-state index contributed by atoms with van der Waals surface area (Å²) in [5.41, 5.74) is 0.389. The first-order valence-electron chi connectivity index (χ1n) is 9.21. The molecule has 0 aromatic heterocycles. The second kappa shape index (κ2) is 8.12. The fraction of sp³-hybridized carbons (Fsp3) is 0.0435. The third-order valence-corrected chi connectivity index (χ3v) is 5.14. The summed E-state index contributed by atoms with van der Waals surface area (Å²) in [6, 6.07) is 17.0. The number of hydrazine groups is 1. The highest BCUT2D eigenvalue weighted by atomic mass is 35.5. The summed E-state index contributed by atoms with van der Waals surface area (Å²) >= 11 is 6.14. The van der Waals surface area contributed by atoms with Crippen molar-refractivity contribution < 1.29 is 23.6 Å². The molecule has 154 valence electrons. The van der Waals surface area contributed by atoms with Crippen molar-refractivity contribution in [1.29, 1.82) is 0 Å². The van der Waals surface area contributed by atoms with E-state index in [1.807, 2.05) is 0 Å². The summed E-state index contributed by atoms with van der Waals surface area (Å²) in [7, 11) is 0. The van der Waals surface area contributed by atoms with Gasteiger partial charge in [-0.3, -0.25) is 19.2 Å². The highest BCUT2D eigenvalue weighted by molar-refractivity contribution is 6.34. The van der Waals surface area contributed by atoms with Gasteiger partial charge >= 0.3 is 0 Å². The third-order valence-electron chi connectivity index (χ3n) is 4.81. The van der Waals surface area contributed by atoms with Gasteiger partial charge in [-0.25, -0.2) is 9.40 Å². The zero-order valence-electron chi connectivity index (χ0n) is 15.9. The van der Waals surface area contributed by atoms with Crippen LogP contribution in [0.15, 0.2) is 72.8 Å². The van der Waals surface area contributed by atoms with Crippen LogP contribution >= 0.6 is 11.6 Å². The molecule has 31 heavy (non-hydrogen) atoms. The molecule has 0 saturated heterocycles. The van der Waals surface area contributed by atoms with Gasteiger partial charge in [-0.2, -0.15) is 5.01 Å². The summed E-state index contributed by atoms with van der Waals surface area (Å²) in [4.78, 5) is 52.0. The first kappa shape index (κ1) is 20.4. The number of Topliss-reactive ketones (excluding diaryl/α,β-unsaturated/α-hetero) is 1. The summed E-state index contributed by atoms with van der Waals surface area (Å²) in [5, 5.41) is 1.53. The van der Waals surface area contributed by atoms with Crippen LogP contribution < -0.4 is 0 Å². The lowest BCUT2D eigenvalue weighted by Crippen LogP contribution is -2.51. The topological polar surface area (TPSA) is 74.8 Å². The Balaban J connectivity index is 1.75. The normalized spacial score (nSPS) is 12.6. The Bertz CT molecular complexity index is 1190. The average Bonchev–Trinajstić information content (AvgIpc) is 3.03. The van der Waals surface area contributed by atoms with E-state index in [4.69, 9.17) is 11.6 Å². The molecule has 0 aliphatic carbocycles. The number of carbonyl (C=O) groups excluding carboxylic acids is 4. The zero-order chi connectivity index (χ0) is 22.1. The molecule has 0 spiro atoms. The first-order chi connectivity index (χ1) is 14.9. The van der Waals surface area contributed by atoms with E-state index < -0.39 is 35.9 Å². The second-order valence-electron chi connectivity index (χ2n) is 6.74. The third kappa shape index (κ3) is 3.71. The van der Waals surface area contributed by atoms with E-state index in [1.54, 1.807) is 24.3 Å². The first-order valence-corrected chi connectivity index (χ1v) is 9.59. The van der Waals surface area contributed by atoms with Crippen LogP contribution in [-0.2, 0) is 0 Å². The van der Waals surface area contributed by atoms with Crippen LogP contribution in [0.5, 0.6) is 0 Å². The van der Waals surface area contributed by atoms with Crippen molar-refractivity contribution in [2.45, 2.75) is 0 Å². The predicted molar refractivity (Wildman–Crippen MR) is 110 cm³/mol. The van der Waals surface area contributed by atoms with Crippen molar-refractivity contribution in [1.82, 2.24) is 10.0 Å². The van der Waals surface area contributed by atoms with Crippen molar-refractivity contribution in [2.24, 2.45) is 0 Å². The van der Waals surface area contributed by atoms with E-state index in [1.165, 1.54) is 36.4 Å². The van der Waals surface area contributed by atoms with E-state index >= 15 is 0 Å². The number of nitrogens with zero attached hydrogens (tertiary/aromatic N) is 2. The number of rotatable bonds is 5. The van der Waals surface area contributed by atoms with Crippen molar-refractivity contribution in [2.75, 3.05) is 6.54 Å². The lowest BCUT2D eigenvalue weighted by Gasteiger charge is -2.29. The Morgan fingerprint density at radius 2 is 1.39 bits per heavy atom. The molecule has 0 N–H and O–H groups in total. The molecule has 1 heterocycles. The second-order valence-corrected chi connectivity index (χ2v) is 7.15. The van der Waals surface area contributed by atoms with Gasteiger partial charge < -0.3 is 0 Å². The van der Waals surface area contributed by atoms with Gasteiger partial charge in [0, 0.05) is 5.56 Å². The van der Waals surface area contributed by atoms with Crippen LogP contribution in [-0.4, -0.2) is 40.1 Å². The van der Waals surface area contributed by atoms with Gasteiger partial charge in [-0.1, -0.05) is 35.9 Å². The number of fused-ring (bicyclic) bond motifs is 1. The molecule has 0 bridgehead atoms. The van der Waals surface area contributed by atoms with E-state index in [0.29, 0.717) is 5.01 Å². The lowest BCUT2D eigenvalue weighted by atomic mass is 10.1. The zero-order valence-corrected chi connectivity index (χ0v) is 16.7. The van der Waals surface area contributed by atoms with E-state index in [2.05, 4.69) is 0 Å². The van der Waals surface area contributed by atoms with Crippen LogP contribution in [0.4, 0.5) is 4.39 Å². The van der Waals surface area contributed by atoms with Crippen molar-refractivity contribution in [3.63, 3.8) is 0 Å². The molecule has 0 radical (unpaired) electrons. The van der Waals surface area contributed by atoms with Gasteiger partial charge in [0.1, 0.15) is 12.4 Å². The molecule has 3 aromatic carbocycles. The molecule has 0 unspecified atom stereocenters. The summed E-state index contributed by atoms with van der Waals surface area (Å²) in [6.45, 7) is -0.624. The molecule has 3 aromatic rings. The van der Waals surface area contributed by atoms with E-state index in [-0.39, 0.29) is 27.3 Å². The molecular weight excluding hydrogens is 423 g/mol. The Labute approximate surface area is 181 Å². The largest absolute Gasteiger partial charge is 0.292 e. The molecule has 4 rings (SSSR count). The average molecular weight is 437 g/mol. The number of amides is 3. The van der Waals surface area contributed by atoms with E-state index in [9.17, 15) is 23.6 Å². The van der Waals surface area contributed by atoms with Gasteiger partial charge in [0.2, 0.25) is 0 Å². The SMILES string of the molecule is O=C(CN(C(=O)c1ccccc1Cl)N1C(=O)c2ccccc2C1=O)c1ccc(F)cc1. The molecule has 0 atom stereocenters. The Kier molecular flexibility index (Phi) is 5.35. The number of hydrogen-bond acceptors (Lipinski definition) is 4. The van der Waals surface area contributed by atoms with Crippen LogP contribution in [0, 0.1) is 5.82 Å². The number of hydrogen-bond donors (Lipinski definition) is 0. The fourth-order valence-corrected chi connectivity index (χ4v) is 3.48. The van der Waals surface area contributed by atoms with Gasteiger partial charge in [0.25, 0.3) is 17.7 Å². The van der Waals surface area contributed by atoms with Crippen molar-refractivity contribution in [3.8, 4) is 0 Å². The van der Waals surface area contributed by atoms with Crippen LogP contribution in [0.3, 0.4) is 0 Å². The van der Waals surface area contributed by atoms with Crippen molar-refractivity contribution >= 4 is 35.1 Å². The molecule has 8 heteroatoms. The molecule has 3 amide bonds. The number of ketones is 1. The summed E-state index contributed by atoms with van der Waals surface area (Å²) in [6.07, 6.45) is 0. The Morgan fingerprint density at radius 1 is 0.839 bits per heavy atom. The maximum Gasteiger partial charge on any atom is 0.280 e. The molecule has 0 fully saturated rings. The molecule has 0 saturated carbocycles. The van der Waals surface area contributed by atoms with Crippen LogP contribution in [0.1, 0.15) is 41.4 Å². The van der Waals surface area contributed by atoms with E-state index in [0.717, 1.165) is 17.1 Å². The molecule has 6 nitrogen and oxygen atoms in total. The predicted octanol–water partition coefficient (Wildman–Crippen LogP) is 4.02. The van der Waals surface area contributed by atoms with Gasteiger partial charge in [-0.05, 0) is 48.5 Å². The minimum Gasteiger partial charge on any atom is -0.292 e. The monoisotopic (exact) mass is 436 g/mol. The quantitative estimate of drug-likeness (QED) is 0.447. The lowest BCUT2D eigenvalue weighted by molar-refractivity contribution is 0.00532. The van der Waals surface area contributed by atoms with Gasteiger partial charge in [-0.15, -0.1) is 0 Å². The molecule has 1 aliphatic rings. The molecule has 1 aliphatic heterocycles. The summed E-state index contributed by atoms with van der Waals surface area (Å²) in [5.74, 6) is -3.37. The highest BCUT2D eigenvalue weighted by Crippen LogP contribution is 2.27. The van der Waals surface area contributed by atoms with Crippen molar-refractivity contribution in [3.05, 3.63) is 106 Å². The molecular formula is C23H14ClFN2O4. The minimum absolute atomic E-state index is 0.0210. The standard InChI is InChI=1S/C23H14ClFN2O4/c24-19-8-4-3-7-18(19)21(29)26(13-20(28)14-9-11-15(25)12-10-14)27-22(30)16-5-1-2-6-17(16)23(27)31/h1-12H,13H2. The number of benzene rings is 3. The van der Waals surface area contributed by atoms with Crippen LogP contribution in [0.2, 0.25) is 5.02 Å². The smallest absolute Gasteiger partial charge is 0.280 e. The maximum absolute atomic E-state index is 13.3. The fourth-order valence-electron chi connectivity index (χ4n) is 3.27. The number of carbonyl (C=O) groups is 4. The summed E-state index contributed by atoms with van der Waals surface area (Å²) < 4.78 is 13.2. The van der Waals surface area contributed by atoms with Gasteiger partial charge in [0.15, 0.2) is 5.78 Å². The van der Waals surface area contributed by atoms with Gasteiger partial charge in [0.05, 0.1) is 21.7 Å². The Hall–Kier alpha value is -3.84.